The van der Waals surface area contributed by atoms with Gasteiger partial charge in [-0.1, -0.05) is 18.5 Å². The number of pyridine rings is 1. The van der Waals surface area contributed by atoms with E-state index in [1.54, 1.807) is 31.5 Å². The molecule has 2 atom stereocenters. The average Bonchev–Trinajstić information content (AvgIpc) is 2.84. The molecule has 1 aliphatic heterocycles. The molecule has 0 saturated carbocycles. The van der Waals surface area contributed by atoms with Crippen molar-refractivity contribution in [1.29, 1.82) is 0 Å². The number of anilines is 1. The molecule has 3 rings (SSSR count). The second-order valence-electron chi connectivity index (χ2n) is 8.59. The predicted octanol–water partition coefficient (Wildman–Crippen LogP) is 6.31. The van der Waals surface area contributed by atoms with Crippen molar-refractivity contribution in [2.75, 3.05) is 25.1 Å². The summed E-state index contributed by atoms with van der Waals surface area (Å²) in [6.45, 7) is 2.77. The van der Waals surface area contributed by atoms with Crippen LogP contribution in [0.3, 0.4) is 0 Å². The van der Waals surface area contributed by atoms with Crippen molar-refractivity contribution in [3.05, 3.63) is 41.6 Å². The molecule has 196 valence electrons. The smallest absolute Gasteiger partial charge is 0.412 e. The van der Waals surface area contributed by atoms with Crippen LogP contribution in [0, 0.1) is 5.92 Å². The molecule has 1 fully saturated rings. The zero-order valence-electron chi connectivity index (χ0n) is 19.9. The van der Waals surface area contributed by atoms with Crippen molar-refractivity contribution in [3.8, 4) is 11.6 Å². The quantitative estimate of drug-likeness (QED) is 0.363. The molecule has 12 heteroatoms. The number of hydrogen-bond acceptors (Lipinski definition) is 7. The Balaban J connectivity index is 1.55. The monoisotopic (exact) mass is 528 g/mol. The number of rotatable bonds is 10. The summed E-state index contributed by atoms with van der Waals surface area (Å²) in [4.78, 5) is 16.9. The van der Waals surface area contributed by atoms with Crippen LogP contribution < -0.4 is 14.4 Å². The van der Waals surface area contributed by atoms with Gasteiger partial charge in [0, 0.05) is 38.4 Å². The molecule has 0 spiro atoms. The molecule has 8 nitrogen and oxygen atoms in total. The van der Waals surface area contributed by atoms with Crippen LogP contribution in [0.4, 0.5) is 24.5 Å². The number of aromatic nitrogens is 1. The molecule has 0 radical (unpaired) electrons. The van der Waals surface area contributed by atoms with E-state index in [1.165, 1.54) is 19.1 Å². The van der Waals surface area contributed by atoms with Crippen LogP contribution in [-0.4, -0.2) is 54.6 Å². The standard InChI is InChI=1S/C24H28ClF3N4O4/c1-15(3-8-22(33)34)23(24(26,27)28)31-30-16-4-6-17(7-5-16)36-18-9-11-32(12-10-18)20-13-21(35-2)29-14-19(20)25/h4-7,13-15,18,23H,3,8-12H2,1-2H3,(H,33,34). The summed E-state index contributed by atoms with van der Waals surface area (Å²) >= 11 is 6.29. The molecule has 36 heavy (non-hydrogen) atoms. The third kappa shape index (κ3) is 7.71. The summed E-state index contributed by atoms with van der Waals surface area (Å²) < 4.78 is 51.3. The summed E-state index contributed by atoms with van der Waals surface area (Å²) in [5.41, 5.74) is 1.10. The van der Waals surface area contributed by atoms with E-state index in [2.05, 4.69) is 20.1 Å². The zero-order chi connectivity index (χ0) is 26.3. The molecular weight excluding hydrogens is 501 g/mol. The third-order valence-corrected chi connectivity index (χ3v) is 6.22. The van der Waals surface area contributed by atoms with Gasteiger partial charge in [-0.05, 0) is 36.6 Å². The molecule has 1 saturated heterocycles. The number of halogens is 4. The van der Waals surface area contributed by atoms with Crippen molar-refractivity contribution < 1.29 is 32.5 Å². The summed E-state index contributed by atoms with van der Waals surface area (Å²) in [5, 5.41) is 16.5. The lowest BCUT2D eigenvalue weighted by molar-refractivity contribution is -0.160. The van der Waals surface area contributed by atoms with Crippen LogP contribution in [0.25, 0.3) is 0 Å². The minimum absolute atomic E-state index is 0.0269. The Morgan fingerprint density at radius 3 is 2.53 bits per heavy atom. The van der Waals surface area contributed by atoms with Gasteiger partial charge in [0.25, 0.3) is 0 Å². The minimum atomic E-state index is -4.62. The number of carbonyl (C=O) groups is 1. The van der Waals surface area contributed by atoms with Crippen LogP contribution >= 0.6 is 11.6 Å². The number of nitrogens with zero attached hydrogens (tertiary/aromatic N) is 4. The fourth-order valence-electron chi connectivity index (χ4n) is 3.90. The minimum Gasteiger partial charge on any atom is -0.490 e. The van der Waals surface area contributed by atoms with Crippen molar-refractivity contribution in [1.82, 2.24) is 4.98 Å². The van der Waals surface area contributed by atoms with Gasteiger partial charge in [-0.2, -0.15) is 23.4 Å². The number of carboxylic acids is 1. The van der Waals surface area contributed by atoms with E-state index in [-0.39, 0.29) is 24.6 Å². The number of ether oxygens (including phenoxy) is 2. The maximum atomic E-state index is 13.4. The number of methoxy groups -OCH3 is 1. The number of benzene rings is 1. The van der Waals surface area contributed by atoms with Gasteiger partial charge in [-0.3, -0.25) is 4.79 Å². The van der Waals surface area contributed by atoms with Gasteiger partial charge in [0.2, 0.25) is 5.88 Å². The van der Waals surface area contributed by atoms with Crippen molar-refractivity contribution in [2.24, 2.45) is 16.1 Å². The number of azo groups is 1. The molecule has 1 aromatic carbocycles. The molecule has 1 aliphatic rings. The first-order valence-electron chi connectivity index (χ1n) is 11.5. The summed E-state index contributed by atoms with van der Waals surface area (Å²) in [6.07, 6.45) is -2.09. The van der Waals surface area contributed by atoms with Crippen LogP contribution in [-0.2, 0) is 4.79 Å². The van der Waals surface area contributed by atoms with E-state index < -0.39 is 24.1 Å². The predicted molar refractivity (Wildman–Crippen MR) is 128 cm³/mol. The fraction of sp³-hybridized carbons (Fsp3) is 0.500. The van der Waals surface area contributed by atoms with Crippen molar-refractivity contribution in [3.63, 3.8) is 0 Å². The van der Waals surface area contributed by atoms with E-state index in [0.29, 0.717) is 16.7 Å². The Bertz CT molecular complexity index is 1040. The molecule has 0 amide bonds. The number of carboxylic acid groups (broad SMARTS) is 1. The van der Waals surface area contributed by atoms with E-state index in [9.17, 15) is 18.0 Å². The Kier molecular flexibility index (Phi) is 9.36. The van der Waals surface area contributed by atoms with E-state index >= 15 is 0 Å². The largest absolute Gasteiger partial charge is 0.490 e. The SMILES string of the molecule is COc1cc(N2CCC(Oc3ccc(N=NC(C(C)CCC(=O)O)C(F)(F)F)cc3)CC2)c(Cl)cn1. The van der Waals surface area contributed by atoms with Gasteiger partial charge in [0.05, 0.1) is 29.7 Å². The van der Waals surface area contributed by atoms with Gasteiger partial charge >= 0.3 is 12.1 Å². The average molecular weight is 529 g/mol. The van der Waals surface area contributed by atoms with Gasteiger partial charge in [-0.25, -0.2) is 4.98 Å². The number of hydrogen-bond donors (Lipinski definition) is 1. The number of aliphatic carboxylic acids is 1. The maximum Gasteiger partial charge on any atom is 0.412 e. The Morgan fingerprint density at radius 1 is 1.28 bits per heavy atom. The van der Waals surface area contributed by atoms with E-state index in [0.717, 1.165) is 31.6 Å². The van der Waals surface area contributed by atoms with Crippen LogP contribution in [0.15, 0.2) is 46.8 Å². The second kappa shape index (κ2) is 12.2. The third-order valence-electron chi connectivity index (χ3n) is 5.93. The van der Waals surface area contributed by atoms with Crippen molar-refractivity contribution in [2.45, 2.75) is 50.9 Å². The molecule has 1 N–H and O–H groups in total. The zero-order valence-corrected chi connectivity index (χ0v) is 20.7. The topological polar surface area (TPSA) is 96.6 Å². The Labute approximate surface area is 212 Å². The molecule has 2 aromatic rings. The highest BCUT2D eigenvalue weighted by Gasteiger charge is 2.43. The summed E-state index contributed by atoms with van der Waals surface area (Å²) in [5.74, 6) is -1.09. The first kappa shape index (κ1) is 27.5. The first-order chi connectivity index (χ1) is 17.1. The van der Waals surface area contributed by atoms with Crippen LogP contribution in [0.1, 0.15) is 32.6 Å². The molecule has 2 heterocycles. The Hall–Kier alpha value is -3.08. The molecule has 2 unspecified atom stereocenters. The summed E-state index contributed by atoms with van der Waals surface area (Å²) in [6, 6.07) is 6.07. The van der Waals surface area contributed by atoms with Crippen molar-refractivity contribution >= 4 is 28.9 Å². The van der Waals surface area contributed by atoms with E-state index in [1.807, 2.05) is 0 Å². The molecule has 1 aromatic heterocycles. The van der Waals surface area contributed by atoms with Gasteiger partial charge < -0.3 is 19.5 Å². The Morgan fingerprint density at radius 2 is 1.94 bits per heavy atom. The highest BCUT2D eigenvalue weighted by atomic mass is 35.5. The van der Waals surface area contributed by atoms with E-state index in [4.69, 9.17) is 26.2 Å². The normalized spacial score (nSPS) is 16.7. The van der Waals surface area contributed by atoms with Crippen LogP contribution in [0.5, 0.6) is 11.6 Å². The maximum absolute atomic E-state index is 13.4. The van der Waals surface area contributed by atoms with Gasteiger partial charge in [0.1, 0.15) is 11.9 Å². The lowest BCUT2D eigenvalue weighted by Crippen LogP contribution is -2.38. The lowest BCUT2D eigenvalue weighted by atomic mass is 9.97. The molecule has 0 aliphatic carbocycles. The second-order valence-corrected chi connectivity index (χ2v) is 9.00. The van der Waals surface area contributed by atoms with Gasteiger partial charge in [0.15, 0.2) is 6.04 Å². The molecule has 0 bridgehead atoms. The highest BCUT2D eigenvalue weighted by Crippen LogP contribution is 2.33. The molecular formula is C24H28ClF3N4O4. The highest BCUT2D eigenvalue weighted by molar-refractivity contribution is 6.33. The number of piperidine rings is 1. The van der Waals surface area contributed by atoms with Gasteiger partial charge in [-0.15, -0.1) is 0 Å². The lowest BCUT2D eigenvalue weighted by Gasteiger charge is -2.34. The first-order valence-corrected chi connectivity index (χ1v) is 11.8. The van der Waals surface area contributed by atoms with Crippen LogP contribution in [0.2, 0.25) is 5.02 Å². The summed E-state index contributed by atoms with van der Waals surface area (Å²) in [7, 11) is 1.55. The number of alkyl halides is 3. The fourth-order valence-corrected chi connectivity index (χ4v) is 4.12.